The van der Waals surface area contributed by atoms with Crippen LogP contribution in [-0.4, -0.2) is 66.7 Å². The van der Waals surface area contributed by atoms with Gasteiger partial charge in [-0.15, -0.1) is 0 Å². The second kappa shape index (κ2) is 17.8. The Labute approximate surface area is 401 Å². The van der Waals surface area contributed by atoms with E-state index in [2.05, 4.69) is 53.4 Å². The maximum Gasteiger partial charge on any atom is 0.309 e. The fourth-order valence-electron chi connectivity index (χ4n) is 15.7. The SMILES string of the molecule is CC(C)C1=C2[C@H]3CC[C@@H]4[C@@]5(C)CC[C@H](OC(=O)[C@H]6C[C@@H](C(=O)OCc7ccccc7)C6(C)C)C(C)(C)[C@@H]5CC[C@@]4(C)[C@]3(C)CC[C@@]2(CC(=O)N(CCN(C)C)Cc2ccc(Cl)cc2)CC1=O. The lowest BCUT2D eigenvalue weighted by Gasteiger charge is -2.72. The number of hydrogen-bond donors (Lipinski definition) is 0. The number of hydrogen-bond acceptors (Lipinski definition) is 7. The van der Waals surface area contributed by atoms with E-state index in [4.69, 9.17) is 21.1 Å². The zero-order valence-corrected chi connectivity index (χ0v) is 42.8. The fraction of sp³-hybridized carbons (Fsp3) is 0.684. The Morgan fingerprint density at radius 3 is 2.08 bits per heavy atom. The first kappa shape index (κ1) is 48.9. The van der Waals surface area contributed by atoms with Gasteiger partial charge in [-0.1, -0.05) is 122 Å². The Kier molecular flexibility index (Phi) is 13.2. The number of benzene rings is 2. The van der Waals surface area contributed by atoms with Gasteiger partial charge in [-0.2, -0.15) is 0 Å². The molecule has 0 N–H and O–H groups in total. The second-order valence-electron chi connectivity index (χ2n) is 24.4. The van der Waals surface area contributed by atoms with E-state index in [9.17, 15) is 19.2 Å². The first-order valence-corrected chi connectivity index (χ1v) is 25.7. The highest BCUT2D eigenvalue weighted by atomic mass is 35.5. The third-order valence-electron chi connectivity index (χ3n) is 19.8. The van der Waals surface area contributed by atoms with E-state index in [1.54, 1.807) is 0 Å². The van der Waals surface area contributed by atoms with Crippen LogP contribution in [0.25, 0.3) is 0 Å². The van der Waals surface area contributed by atoms with E-state index < -0.39 is 10.8 Å². The maximum atomic E-state index is 14.8. The van der Waals surface area contributed by atoms with Crippen molar-refractivity contribution in [2.75, 3.05) is 27.2 Å². The molecule has 8 rings (SSSR count). The standard InChI is InChI=1S/C57H79ClN2O6/c1-36(2)48-43(61)32-57(33-47(62)60(30-29-59(10)11)34-37-17-19-39(58)20-18-37)28-27-55(8)40(49(48)57)21-22-45-54(7)25-24-46(53(5,6)44(54)23-26-56(45,55)9)66-51(64)42-31-41(52(42,3)4)50(63)65-35-38-15-13-12-14-16-38/h12-20,36,40-42,44-46H,21-35H2,1-11H3/t40-,41+,42-,44+,45-,46+,54+,55-,56-,57+/m1/s1. The van der Waals surface area contributed by atoms with Crippen LogP contribution in [0.4, 0.5) is 0 Å². The van der Waals surface area contributed by atoms with Crippen molar-refractivity contribution in [3.8, 4) is 0 Å². The van der Waals surface area contributed by atoms with Crippen LogP contribution in [0.5, 0.6) is 0 Å². The molecule has 2 aromatic carbocycles. The number of amides is 1. The lowest BCUT2D eigenvalue weighted by atomic mass is 9.33. The van der Waals surface area contributed by atoms with Crippen LogP contribution in [0.15, 0.2) is 65.7 Å². The Balaban J connectivity index is 0.989. The Hall–Kier alpha value is -3.49. The molecule has 5 fully saturated rings. The summed E-state index contributed by atoms with van der Waals surface area (Å²) < 4.78 is 12.3. The van der Waals surface area contributed by atoms with Gasteiger partial charge < -0.3 is 19.3 Å². The predicted octanol–water partition coefficient (Wildman–Crippen LogP) is 11.9. The van der Waals surface area contributed by atoms with Gasteiger partial charge in [0.25, 0.3) is 0 Å². The molecular formula is C57H79ClN2O6. The summed E-state index contributed by atoms with van der Waals surface area (Å²) in [5.74, 6) is 0.551. The Bertz CT molecular complexity index is 2220. The number of fused-ring (bicyclic) bond motifs is 7. The van der Waals surface area contributed by atoms with E-state index in [1.165, 1.54) is 5.57 Å². The van der Waals surface area contributed by atoms with Crippen LogP contribution in [0.3, 0.4) is 0 Å². The van der Waals surface area contributed by atoms with Crippen molar-refractivity contribution >= 4 is 35.2 Å². The summed E-state index contributed by atoms with van der Waals surface area (Å²) >= 11 is 6.25. The lowest BCUT2D eigenvalue weighted by molar-refractivity contribution is -0.236. The number of ether oxygens (including phenoxy) is 2. The van der Waals surface area contributed by atoms with Gasteiger partial charge in [0.1, 0.15) is 12.7 Å². The normalized spacial score (nSPS) is 35.3. The molecular weight excluding hydrogens is 844 g/mol. The van der Waals surface area contributed by atoms with Gasteiger partial charge >= 0.3 is 11.9 Å². The zero-order valence-electron chi connectivity index (χ0n) is 42.1. The average Bonchev–Trinajstić information content (AvgIpc) is 3.55. The number of halogens is 1. The van der Waals surface area contributed by atoms with Crippen molar-refractivity contribution in [3.63, 3.8) is 0 Å². The smallest absolute Gasteiger partial charge is 0.309 e. The van der Waals surface area contributed by atoms with E-state index >= 15 is 0 Å². The van der Waals surface area contributed by atoms with E-state index in [0.29, 0.717) is 49.2 Å². The molecule has 360 valence electrons. The molecule has 0 aliphatic heterocycles. The monoisotopic (exact) mass is 923 g/mol. The molecule has 1 amide bonds. The zero-order chi connectivity index (χ0) is 47.8. The molecule has 5 saturated carbocycles. The molecule has 66 heavy (non-hydrogen) atoms. The number of allylic oxidation sites excluding steroid dienone is 2. The molecule has 6 aliphatic carbocycles. The summed E-state index contributed by atoms with van der Waals surface area (Å²) in [5.41, 5.74) is 3.26. The van der Waals surface area contributed by atoms with E-state index in [1.807, 2.05) is 87.4 Å². The van der Waals surface area contributed by atoms with E-state index in [-0.39, 0.29) is 81.7 Å². The summed E-state index contributed by atoms with van der Waals surface area (Å²) in [6.07, 6.45) is 9.11. The van der Waals surface area contributed by atoms with Crippen LogP contribution < -0.4 is 0 Å². The molecule has 0 radical (unpaired) electrons. The van der Waals surface area contributed by atoms with Crippen molar-refractivity contribution < 1.29 is 28.7 Å². The highest BCUT2D eigenvalue weighted by Gasteiger charge is 2.70. The third-order valence-corrected chi connectivity index (χ3v) is 20.0. The summed E-state index contributed by atoms with van der Waals surface area (Å²) in [6.45, 7) is 23.0. The van der Waals surface area contributed by atoms with Crippen LogP contribution in [0.1, 0.15) is 144 Å². The molecule has 10 atom stereocenters. The van der Waals surface area contributed by atoms with Gasteiger partial charge in [0.2, 0.25) is 5.91 Å². The molecule has 6 aliphatic rings. The fourth-order valence-corrected chi connectivity index (χ4v) is 15.9. The quantitative estimate of drug-likeness (QED) is 0.185. The molecule has 0 aromatic heterocycles. The highest BCUT2D eigenvalue weighted by molar-refractivity contribution is 6.30. The van der Waals surface area contributed by atoms with Gasteiger partial charge in [0.15, 0.2) is 5.78 Å². The number of esters is 2. The lowest BCUT2D eigenvalue weighted by Crippen LogP contribution is -2.66. The van der Waals surface area contributed by atoms with Crippen molar-refractivity contribution in [2.24, 2.45) is 68.0 Å². The predicted molar refractivity (Wildman–Crippen MR) is 261 cm³/mol. The minimum Gasteiger partial charge on any atom is -0.462 e. The van der Waals surface area contributed by atoms with Crippen LogP contribution in [-0.2, 0) is 41.8 Å². The van der Waals surface area contributed by atoms with Gasteiger partial charge in [-0.05, 0) is 146 Å². The Morgan fingerprint density at radius 1 is 0.742 bits per heavy atom. The number of ketones is 1. The topological polar surface area (TPSA) is 93.2 Å². The molecule has 0 spiro atoms. The van der Waals surface area contributed by atoms with Crippen molar-refractivity contribution in [1.29, 1.82) is 0 Å². The minimum atomic E-state index is -0.540. The number of Topliss-reactive ketones (excluding diaryl/α,β-unsaturated/α-hetero) is 1. The summed E-state index contributed by atoms with van der Waals surface area (Å²) in [6, 6.07) is 17.5. The first-order chi connectivity index (χ1) is 31.0. The first-order valence-electron chi connectivity index (χ1n) is 25.3. The highest BCUT2D eigenvalue weighted by Crippen LogP contribution is 2.77. The molecule has 0 unspecified atom stereocenters. The van der Waals surface area contributed by atoms with Crippen LogP contribution >= 0.6 is 11.6 Å². The van der Waals surface area contributed by atoms with Crippen molar-refractivity contribution in [2.45, 2.75) is 152 Å². The van der Waals surface area contributed by atoms with Gasteiger partial charge in [-0.3, -0.25) is 19.2 Å². The van der Waals surface area contributed by atoms with Gasteiger partial charge in [-0.25, -0.2) is 0 Å². The molecule has 9 heteroatoms. The summed E-state index contributed by atoms with van der Waals surface area (Å²) in [4.78, 5) is 60.7. The molecule has 0 bridgehead atoms. The molecule has 8 nitrogen and oxygen atoms in total. The largest absolute Gasteiger partial charge is 0.462 e. The third kappa shape index (κ3) is 8.22. The summed E-state index contributed by atoms with van der Waals surface area (Å²) in [7, 11) is 4.09. The maximum absolute atomic E-state index is 14.8. The number of rotatable bonds is 13. The second-order valence-corrected chi connectivity index (χ2v) is 24.9. The molecule has 0 heterocycles. The Morgan fingerprint density at radius 2 is 1.42 bits per heavy atom. The number of likely N-dealkylation sites (N-methyl/N-ethyl adjacent to an activating group) is 1. The van der Waals surface area contributed by atoms with Gasteiger partial charge in [0, 0.05) is 48.3 Å². The van der Waals surface area contributed by atoms with Crippen molar-refractivity contribution in [3.05, 3.63) is 81.9 Å². The van der Waals surface area contributed by atoms with Crippen LogP contribution in [0.2, 0.25) is 5.02 Å². The van der Waals surface area contributed by atoms with Gasteiger partial charge in [0.05, 0.1) is 11.8 Å². The number of nitrogens with zero attached hydrogens (tertiary/aromatic N) is 2. The minimum absolute atomic E-state index is 0.0213. The molecule has 2 aromatic rings. The average molecular weight is 924 g/mol. The van der Waals surface area contributed by atoms with Crippen LogP contribution in [0, 0.1) is 68.0 Å². The summed E-state index contributed by atoms with van der Waals surface area (Å²) in [5, 5.41) is 0.682. The van der Waals surface area contributed by atoms with E-state index in [0.717, 1.165) is 74.6 Å². The molecule has 0 saturated heterocycles. The number of carbonyl (C=O) groups excluding carboxylic acids is 4. The number of carbonyl (C=O) groups is 4. The van der Waals surface area contributed by atoms with Crippen molar-refractivity contribution in [1.82, 2.24) is 9.80 Å².